The molecule has 0 fully saturated rings. The number of rotatable bonds is 1. The lowest BCUT2D eigenvalue weighted by Crippen LogP contribution is -2.02. The molecule has 0 atom stereocenters. The van der Waals surface area contributed by atoms with Crippen LogP contribution in [0, 0.1) is 0 Å². The monoisotopic (exact) mass is 305 g/mol. The largest absolute Gasteiger partial charge is 0.368 e. The standard InChI is InChI=1S/C11H8BrN5O/c12-8-3-7(18)9-5(4-15-10(9)17-8)6-1-2-14-11(13)16-6/h1-4H,(H2,13,14,16)(H2,15,17,18). The summed E-state index contributed by atoms with van der Waals surface area (Å²) in [5.41, 5.74) is 7.41. The Kier molecular flexibility index (Phi) is 2.41. The molecule has 0 aliphatic rings. The number of hydrogen-bond donors (Lipinski definition) is 3. The van der Waals surface area contributed by atoms with Crippen molar-refractivity contribution in [2.45, 2.75) is 0 Å². The van der Waals surface area contributed by atoms with Crippen molar-refractivity contribution in [2.75, 3.05) is 5.73 Å². The van der Waals surface area contributed by atoms with E-state index in [9.17, 15) is 4.79 Å². The van der Waals surface area contributed by atoms with Crippen LogP contribution >= 0.6 is 15.9 Å². The van der Waals surface area contributed by atoms with Crippen LogP contribution in [0.3, 0.4) is 0 Å². The number of nitrogens with two attached hydrogens (primary N) is 1. The van der Waals surface area contributed by atoms with E-state index >= 15 is 0 Å². The summed E-state index contributed by atoms with van der Waals surface area (Å²) >= 11 is 3.24. The normalized spacial score (nSPS) is 10.9. The van der Waals surface area contributed by atoms with E-state index < -0.39 is 0 Å². The Hall–Kier alpha value is -2.15. The van der Waals surface area contributed by atoms with Crippen molar-refractivity contribution in [2.24, 2.45) is 0 Å². The van der Waals surface area contributed by atoms with Gasteiger partial charge in [-0.25, -0.2) is 9.97 Å². The molecule has 0 unspecified atom stereocenters. The highest BCUT2D eigenvalue weighted by Gasteiger charge is 2.11. The van der Waals surface area contributed by atoms with Gasteiger partial charge >= 0.3 is 0 Å². The molecule has 0 saturated carbocycles. The molecule has 3 aromatic rings. The van der Waals surface area contributed by atoms with Gasteiger partial charge in [0.05, 0.1) is 15.7 Å². The van der Waals surface area contributed by atoms with Gasteiger partial charge in [-0.1, -0.05) is 0 Å². The van der Waals surface area contributed by atoms with E-state index in [4.69, 9.17) is 5.73 Å². The maximum absolute atomic E-state index is 12.0. The molecule has 0 aromatic carbocycles. The van der Waals surface area contributed by atoms with Crippen LogP contribution in [-0.2, 0) is 0 Å². The van der Waals surface area contributed by atoms with E-state index in [1.165, 1.54) is 6.07 Å². The van der Waals surface area contributed by atoms with Crippen molar-refractivity contribution in [3.8, 4) is 11.3 Å². The highest BCUT2D eigenvalue weighted by atomic mass is 79.9. The first kappa shape index (κ1) is 11.0. The lowest BCUT2D eigenvalue weighted by Gasteiger charge is -1.99. The van der Waals surface area contributed by atoms with Crippen molar-refractivity contribution >= 4 is 32.9 Å². The first-order valence-electron chi connectivity index (χ1n) is 5.14. The molecule has 0 aliphatic heterocycles. The van der Waals surface area contributed by atoms with Gasteiger partial charge in [0.2, 0.25) is 5.95 Å². The second-order valence-electron chi connectivity index (χ2n) is 3.73. The molecule has 0 amide bonds. The predicted molar refractivity (Wildman–Crippen MR) is 72.1 cm³/mol. The van der Waals surface area contributed by atoms with E-state index in [0.717, 1.165) is 0 Å². The van der Waals surface area contributed by atoms with Gasteiger partial charge in [0.25, 0.3) is 0 Å². The number of nitrogens with one attached hydrogen (secondary N) is 2. The number of hydrogen-bond acceptors (Lipinski definition) is 4. The average molecular weight is 306 g/mol. The van der Waals surface area contributed by atoms with Gasteiger partial charge in [-0.2, -0.15) is 0 Å². The summed E-state index contributed by atoms with van der Waals surface area (Å²) in [7, 11) is 0. The van der Waals surface area contributed by atoms with Crippen LogP contribution in [0.5, 0.6) is 0 Å². The fraction of sp³-hybridized carbons (Fsp3) is 0. The Morgan fingerprint density at radius 3 is 3.00 bits per heavy atom. The van der Waals surface area contributed by atoms with Crippen LogP contribution in [-0.4, -0.2) is 19.9 Å². The summed E-state index contributed by atoms with van der Waals surface area (Å²) < 4.78 is 0.621. The zero-order valence-corrected chi connectivity index (χ0v) is 10.7. The molecule has 3 aromatic heterocycles. The third kappa shape index (κ3) is 1.68. The number of pyridine rings is 1. The lowest BCUT2D eigenvalue weighted by molar-refractivity contribution is 1.19. The Morgan fingerprint density at radius 1 is 1.39 bits per heavy atom. The second-order valence-corrected chi connectivity index (χ2v) is 4.59. The smallest absolute Gasteiger partial charge is 0.220 e. The molecule has 3 rings (SSSR count). The van der Waals surface area contributed by atoms with E-state index in [1.54, 1.807) is 18.5 Å². The first-order chi connectivity index (χ1) is 8.65. The second kappa shape index (κ2) is 3.95. The number of nitrogens with zero attached hydrogens (tertiary/aromatic N) is 2. The van der Waals surface area contributed by atoms with Crippen LogP contribution in [0.2, 0.25) is 0 Å². The number of aromatic nitrogens is 4. The topological polar surface area (TPSA) is 100 Å². The molecule has 4 N–H and O–H groups in total. The van der Waals surface area contributed by atoms with Crippen LogP contribution in [0.25, 0.3) is 22.3 Å². The summed E-state index contributed by atoms with van der Waals surface area (Å²) in [6, 6.07) is 3.19. The summed E-state index contributed by atoms with van der Waals surface area (Å²) in [4.78, 5) is 26.0. The Bertz CT molecular complexity index is 791. The van der Waals surface area contributed by atoms with Crippen LogP contribution < -0.4 is 11.2 Å². The van der Waals surface area contributed by atoms with Gasteiger partial charge in [-0.05, 0) is 22.0 Å². The van der Waals surface area contributed by atoms with Crippen molar-refractivity contribution in [1.82, 2.24) is 19.9 Å². The first-order valence-corrected chi connectivity index (χ1v) is 5.93. The number of anilines is 1. The maximum Gasteiger partial charge on any atom is 0.220 e. The van der Waals surface area contributed by atoms with Crippen molar-refractivity contribution in [3.05, 3.63) is 39.4 Å². The molecule has 7 heteroatoms. The quantitative estimate of drug-likeness (QED) is 0.595. The summed E-state index contributed by atoms with van der Waals surface area (Å²) in [5, 5.41) is 0.552. The molecule has 18 heavy (non-hydrogen) atoms. The zero-order valence-electron chi connectivity index (χ0n) is 9.07. The minimum atomic E-state index is -0.0935. The van der Waals surface area contributed by atoms with E-state index in [2.05, 4.69) is 35.9 Å². The number of H-pyrrole nitrogens is 2. The molecule has 0 saturated heterocycles. The number of halogens is 1. The third-order valence-electron chi connectivity index (χ3n) is 2.58. The van der Waals surface area contributed by atoms with Crippen LogP contribution in [0.4, 0.5) is 5.95 Å². The molecule has 0 aliphatic carbocycles. The predicted octanol–water partition coefficient (Wildman–Crippen LogP) is 1.66. The van der Waals surface area contributed by atoms with Gasteiger partial charge < -0.3 is 15.7 Å². The van der Waals surface area contributed by atoms with Crippen molar-refractivity contribution in [1.29, 1.82) is 0 Å². The van der Waals surface area contributed by atoms with Gasteiger partial charge in [0.1, 0.15) is 5.65 Å². The molecular formula is C11H8BrN5O. The number of fused-ring (bicyclic) bond motifs is 1. The highest BCUT2D eigenvalue weighted by Crippen LogP contribution is 2.24. The van der Waals surface area contributed by atoms with Crippen LogP contribution in [0.1, 0.15) is 0 Å². The van der Waals surface area contributed by atoms with Gasteiger partial charge in [-0.15, -0.1) is 0 Å². The summed E-state index contributed by atoms with van der Waals surface area (Å²) in [6.07, 6.45) is 3.28. The zero-order chi connectivity index (χ0) is 12.7. The average Bonchev–Trinajstić information content (AvgIpc) is 2.72. The minimum Gasteiger partial charge on any atom is -0.368 e. The molecular weight excluding hydrogens is 298 g/mol. The molecule has 3 heterocycles. The van der Waals surface area contributed by atoms with Crippen molar-refractivity contribution in [3.63, 3.8) is 0 Å². The highest BCUT2D eigenvalue weighted by molar-refractivity contribution is 9.10. The van der Waals surface area contributed by atoms with E-state index in [1.807, 2.05) is 0 Å². The van der Waals surface area contributed by atoms with E-state index in [0.29, 0.717) is 26.9 Å². The molecule has 0 radical (unpaired) electrons. The maximum atomic E-state index is 12.0. The molecule has 90 valence electrons. The Morgan fingerprint density at radius 2 is 2.22 bits per heavy atom. The van der Waals surface area contributed by atoms with Gasteiger partial charge in [-0.3, -0.25) is 4.79 Å². The Labute approximate surface area is 109 Å². The Balaban J connectivity index is 2.34. The third-order valence-corrected chi connectivity index (χ3v) is 3.01. The number of aromatic amines is 2. The summed E-state index contributed by atoms with van der Waals surface area (Å²) in [5.74, 6) is 0.176. The van der Waals surface area contributed by atoms with Crippen LogP contribution in [0.15, 0.2) is 33.9 Å². The summed E-state index contributed by atoms with van der Waals surface area (Å²) in [6.45, 7) is 0. The fourth-order valence-electron chi connectivity index (χ4n) is 1.85. The number of nitrogen functional groups attached to an aromatic ring is 1. The SMILES string of the molecule is Nc1nccc(-c2c[nH]c3[nH]c(Br)cc(=O)c23)n1. The van der Waals surface area contributed by atoms with Crippen molar-refractivity contribution < 1.29 is 0 Å². The molecule has 0 spiro atoms. The fourth-order valence-corrected chi connectivity index (χ4v) is 2.25. The minimum absolute atomic E-state index is 0.0935. The lowest BCUT2D eigenvalue weighted by atomic mass is 10.1. The molecule has 6 nitrogen and oxygen atoms in total. The van der Waals surface area contributed by atoms with E-state index in [-0.39, 0.29) is 11.4 Å². The molecule has 0 bridgehead atoms. The van der Waals surface area contributed by atoms with Gasteiger partial charge in [0, 0.05) is 24.0 Å². The van der Waals surface area contributed by atoms with Gasteiger partial charge in [0.15, 0.2) is 5.43 Å².